The van der Waals surface area contributed by atoms with Crippen LogP contribution in [-0.2, 0) is 4.79 Å². The minimum atomic E-state index is 0.214. The lowest BCUT2D eigenvalue weighted by atomic mass is 9.95. The van der Waals surface area contributed by atoms with E-state index in [0.717, 1.165) is 44.7 Å². The molecule has 3 heteroatoms. The molecule has 0 N–H and O–H groups in total. The molecule has 0 radical (unpaired) electrons. The molecule has 0 spiro atoms. The number of hydrogen-bond acceptors (Lipinski definition) is 2. The van der Waals surface area contributed by atoms with Gasteiger partial charge in [0.1, 0.15) is 0 Å². The van der Waals surface area contributed by atoms with Gasteiger partial charge in [0, 0.05) is 31.1 Å². The first-order valence-corrected chi connectivity index (χ1v) is 10.5. The van der Waals surface area contributed by atoms with E-state index in [9.17, 15) is 4.79 Å². The molecule has 0 aliphatic carbocycles. The Morgan fingerprint density at radius 1 is 0.958 bits per heavy atom. The highest BCUT2D eigenvalue weighted by Crippen LogP contribution is 2.25. The van der Waals surface area contributed by atoms with Crippen LogP contribution in [0.3, 0.4) is 0 Å². The maximum atomic E-state index is 13.0. The topological polar surface area (TPSA) is 23.6 Å². The second kappa shape index (κ2) is 11.1. The summed E-state index contributed by atoms with van der Waals surface area (Å²) in [6.45, 7) is 16.7. The van der Waals surface area contributed by atoms with Gasteiger partial charge in [-0.2, -0.15) is 0 Å². The van der Waals surface area contributed by atoms with Gasteiger partial charge in [-0.25, -0.2) is 0 Å². The average Bonchev–Trinajstić information content (AvgIpc) is 2.58. The van der Waals surface area contributed by atoms with Gasteiger partial charge in [0.15, 0.2) is 0 Å². The fourth-order valence-corrected chi connectivity index (χ4v) is 4.08. The molecule has 1 saturated heterocycles. The zero-order chi connectivity index (χ0) is 18.1. The van der Waals surface area contributed by atoms with Gasteiger partial charge >= 0.3 is 0 Å². The van der Waals surface area contributed by atoms with Crippen molar-refractivity contribution in [2.45, 2.75) is 98.6 Å². The highest BCUT2D eigenvalue weighted by atomic mass is 16.2. The number of carbonyl (C=O) groups is 1. The van der Waals surface area contributed by atoms with E-state index >= 15 is 0 Å². The monoisotopic (exact) mass is 338 g/mol. The smallest absolute Gasteiger partial charge is 0.226 e. The number of amides is 1. The van der Waals surface area contributed by atoms with E-state index in [1.54, 1.807) is 0 Å². The summed E-state index contributed by atoms with van der Waals surface area (Å²) in [7, 11) is 0. The lowest BCUT2D eigenvalue weighted by Crippen LogP contribution is -2.61. The van der Waals surface area contributed by atoms with Gasteiger partial charge in [-0.3, -0.25) is 9.69 Å². The number of rotatable bonds is 10. The third-order valence-corrected chi connectivity index (χ3v) is 5.76. The number of nitrogens with zero attached hydrogens (tertiary/aromatic N) is 2. The highest BCUT2D eigenvalue weighted by Gasteiger charge is 2.37. The minimum Gasteiger partial charge on any atom is -0.334 e. The van der Waals surface area contributed by atoms with Crippen LogP contribution in [0.4, 0.5) is 0 Å². The van der Waals surface area contributed by atoms with Crippen LogP contribution in [0.5, 0.6) is 0 Å². The predicted molar refractivity (Wildman–Crippen MR) is 104 cm³/mol. The Morgan fingerprint density at radius 2 is 1.50 bits per heavy atom. The first-order valence-electron chi connectivity index (χ1n) is 10.5. The molecule has 0 aromatic carbocycles. The van der Waals surface area contributed by atoms with E-state index in [1.807, 2.05) is 0 Å². The van der Waals surface area contributed by atoms with Crippen LogP contribution in [-0.4, -0.2) is 47.4 Å². The van der Waals surface area contributed by atoms with Gasteiger partial charge in [0.25, 0.3) is 0 Å². The quantitative estimate of drug-likeness (QED) is 0.526. The van der Waals surface area contributed by atoms with Crippen LogP contribution < -0.4 is 0 Å². The van der Waals surface area contributed by atoms with Crippen LogP contribution >= 0.6 is 0 Å². The third kappa shape index (κ3) is 6.06. The number of carbonyl (C=O) groups excluding carboxylic acids is 1. The van der Waals surface area contributed by atoms with Crippen molar-refractivity contribution in [3.05, 3.63) is 0 Å². The van der Waals surface area contributed by atoms with Crippen molar-refractivity contribution in [2.24, 2.45) is 11.8 Å². The predicted octanol–water partition coefficient (Wildman–Crippen LogP) is 4.95. The molecule has 0 aromatic heterocycles. The van der Waals surface area contributed by atoms with Crippen molar-refractivity contribution >= 4 is 5.91 Å². The number of piperazine rings is 1. The zero-order valence-electron chi connectivity index (χ0n) is 17.2. The van der Waals surface area contributed by atoms with Crippen LogP contribution in [0, 0.1) is 11.8 Å². The van der Waals surface area contributed by atoms with E-state index in [4.69, 9.17) is 0 Å². The molecule has 1 aliphatic heterocycles. The van der Waals surface area contributed by atoms with Gasteiger partial charge in [-0.1, -0.05) is 54.4 Å². The molecule has 0 unspecified atom stereocenters. The van der Waals surface area contributed by atoms with Crippen molar-refractivity contribution in [3.63, 3.8) is 0 Å². The van der Waals surface area contributed by atoms with Crippen molar-refractivity contribution in [3.8, 4) is 0 Å². The summed E-state index contributed by atoms with van der Waals surface area (Å²) < 4.78 is 0. The van der Waals surface area contributed by atoms with Gasteiger partial charge in [-0.05, 0) is 44.6 Å². The molecular weight excluding hydrogens is 296 g/mol. The van der Waals surface area contributed by atoms with Crippen molar-refractivity contribution in [1.82, 2.24) is 9.80 Å². The molecule has 0 bridgehead atoms. The van der Waals surface area contributed by atoms with E-state index in [-0.39, 0.29) is 5.92 Å². The Hall–Kier alpha value is -0.570. The Morgan fingerprint density at radius 3 is 1.92 bits per heavy atom. The number of hydrogen-bond donors (Lipinski definition) is 0. The molecule has 1 fully saturated rings. The number of unbranched alkanes of at least 4 members (excludes halogenated alkanes) is 1. The maximum Gasteiger partial charge on any atom is 0.226 e. The molecule has 0 saturated carbocycles. The molecule has 1 heterocycles. The van der Waals surface area contributed by atoms with Crippen LogP contribution in [0.25, 0.3) is 0 Å². The molecule has 2 atom stereocenters. The average molecular weight is 339 g/mol. The summed E-state index contributed by atoms with van der Waals surface area (Å²) in [5.74, 6) is 1.44. The summed E-state index contributed by atoms with van der Waals surface area (Å²) in [4.78, 5) is 18.0. The standard InChI is InChI=1S/C21H42N2O/c1-7-18(8-2)21(24)23-19(9-3)15-22(16-20(23)10-4)14-12-11-13-17(5)6/h17-20H,7-16H2,1-6H3/t19-,20+. The normalized spacial score (nSPS) is 22.6. The van der Waals surface area contributed by atoms with Gasteiger partial charge in [0.05, 0.1) is 0 Å². The lowest BCUT2D eigenvalue weighted by Gasteiger charge is -2.48. The summed E-state index contributed by atoms with van der Waals surface area (Å²) >= 11 is 0. The van der Waals surface area contributed by atoms with Crippen molar-refractivity contribution < 1.29 is 4.79 Å². The fraction of sp³-hybridized carbons (Fsp3) is 0.952. The summed E-state index contributed by atoms with van der Waals surface area (Å²) in [6, 6.07) is 0.809. The van der Waals surface area contributed by atoms with Crippen LogP contribution in [0.15, 0.2) is 0 Å². The molecule has 142 valence electrons. The van der Waals surface area contributed by atoms with E-state index in [0.29, 0.717) is 18.0 Å². The molecule has 0 aromatic rings. The molecule has 24 heavy (non-hydrogen) atoms. The van der Waals surface area contributed by atoms with Gasteiger partial charge in [-0.15, -0.1) is 0 Å². The lowest BCUT2D eigenvalue weighted by molar-refractivity contribution is -0.145. The third-order valence-electron chi connectivity index (χ3n) is 5.76. The largest absolute Gasteiger partial charge is 0.334 e. The molecule has 1 rings (SSSR count). The summed E-state index contributed by atoms with van der Waals surface area (Å²) in [5, 5.41) is 0. The van der Waals surface area contributed by atoms with E-state index in [2.05, 4.69) is 51.3 Å². The Kier molecular flexibility index (Phi) is 9.95. The molecule has 1 amide bonds. The first-order chi connectivity index (χ1) is 11.5. The van der Waals surface area contributed by atoms with Gasteiger partial charge < -0.3 is 4.90 Å². The van der Waals surface area contributed by atoms with Crippen molar-refractivity contribution in [2.75, 3.05) is 19.6 Å². The second-order valence-electron chi connectivity index (χ2n) is 8.03. The van der Waals surface area contributed by atoms with E-state index < -0.39 is 0 Å². The molecular formula is C21H42N2O. The summed E-state index contributed by atoms with van der Waals surface area (Å²) in [6.07, 6.45) is 8.05. The zero-order valence-corrected chi connectivity index (χ0v) is 17.2. The minimum absolute atomic E-state index is 0.214. The molecule has 1 aliphatic rings. The SMILES string of the molecule is CCC(CC)C(=O)N1[C@H](CC)CN(CCCCC(C)C)C[C@@H]1CC. The Balaban J connectivity index is 2.68. The van der Waals surface area contributed by atoms with Gasteiger partial charge in [0.2, 0.25) is 5.91 Å². The second-order valence-corrected chi connectivity index (χ2v) is 8.03. The molecule has 3 nitrogen and oxygen atoms in total. The Labute approximate surface area is 151 Å². The highest BCUT2D eigenvalue weighted by molar-refractivity contribution is 5.79. The Bertz CT molecular complexity index is 338. The first kappa shape index (κ1) is 21.5. The maximum absolute atomic E-state index is 13.0. The van der Waals surface area contributed by atoms with Crippen LogP contribution in [0.1, 0.15) is 86.5 Å². The van der Waals surface area contributed by atoms with Crippen molar-refractivity contribution in [1.29, 1.82) is 0 Å². The fourth-order valence-electron chi connectivity index (χ4n) is 4.08. The van der Waals surface area contributed by atoms with E-state index in [1.165, 1.54) is 25.8 Å². The van der Waals surface area contributed by atoms with Crippen LogP contribution in [0.2, 0.25) is 0 Å². The summed E-state index contributed by atoms with van der Waals surface area (Å²) in [5.41, 5.74) is 0.